The molecule has 1 saturated carbocycles. The highest BCUT2D eigenvalue weighted by molar-refractivity contribution is 7.90. The highest BCUT2D eigenvalue weighted by atomic mass is 32.2. The number of pyridine rings is 1. The summed E-state index contributed by atoms with van der Waals surface area (Å²) in [6, 6.07) is 20.9. The number of sulfonamides is 1. The number of amides is 4. The second kappa shape index (κ2) is 19.9. The van der Waals surface area contributed by atoms with Crippen LogP contribution in [0.1, 0.15) is 33.6 Å². The Bertz CT molecular complexity index is 2580. The van der Waals surface area contributed by atoms with E-state index in [-0.39, 0.29) is 24.3 Å². The summed E-state index contributed by atoms with van der Waals surface area (Å²) in [5.74, 6) is -2.88. The van der Waals surface area contributed by atoms with Crippen LogP contribution in [0, 0.1) is 5.92 Å². The fourth-order valence-corrected chi connectivity index (χ4v) is 8.40. The van der Waals surface area contributed by atoms with Crippen LogP contribution < -0.4 is 29.9 Å². The number of ether oxygens (including phenoxy) is 3. The van der Waals surface area contributed by atoms with E-state index in [2.05, 4.69) is 26.9 Å². The van der Waals surface area contributed by atoms with E-state index in [0.717, 1.165) is 5.56 Å². The van der Waals surface area contributed by atoms with Crippen molar-refractivity contribution in [2.75, 3.05) is 40.8 Å². The molecule has 0 unspecified atom stereocenters. The molecule has 2 fully saturated rings. The van der Waals surface area contributed by atoms with Crippen molar-refractivity contribution in [1.82, 2.24) is 30.1 Å². The molecule has 18 heteroatoms. The van der Waals surface area contributed by atoms with Crippen LogP contribution >= 0.6 is 0 Å². The van der Waals surface area contributed by atoms with Gasteiger partial charge in [0, 0.05) is 60.2 Å². The van der Waals surface area contributed by atoms with Crippen molar-refractivity contribution in [2.24, 2.45) is 10.9 Å². The number of aromatic nitrogens is 1. The molecule has 4 amide bonds. The maximum atomic E-state index is 14.8. The predicted molar refractivity (Wildman–Crippen MR) is 242 cm³/mol. The third-order valence-electron chi connectivity index (χ3n) is 10.7. The molecule has 0 spiro atoms. The fourth-order valence-electron chi connectivity index (χ4n) is 7.34. The average molecular weight is 909 g/mol. The van der Waals surface area contributed by atoms with E-state index >= 15 is 0 Å². The topological polar surface area (TPSA) is 221 Å². The number of likely N-dealkylation sites (tertiary alicyclic amines) is 1. The summed E-state index contributed by atoms with van der Waals surface area (Å²) in [5, 5.41) is 19.2. The SMILES string of the molecule is C=C[C@@H]1C[C@]1(NC(=O)[C@@H]1C[C@@H](Oc2cc(-c3ccccc3)nc3cc(OC)ccc23)CN1C(=O)[C@H](CNC(=O)/C=C/CN(C)C)N=C([O-])OC(C)(C)C)C(=O)NS(=O)(=O)c1ccccc1. The Morgan fingerprint density at radius 2 is 1.74 bits per heavy atom. The second-order valence-electron chi connectivity index (χ2n) is 17.0. The fraction of sp³-hybridized carbons (Fsp3) is 0.362. The summed E-state index contributed by atoms with van der Waals surface area (Å²) in [6.45, 7) is 8.49. The molecule has 5 atom stereocenters. The van der Waals surface area contributed by atoms with E-state index in [1.807, 2.05) is 49.3 Å². The lowest BCUT2D eigenvalue weighted by atomic mass is 10.1. The molecule has 1 saturated heterocycles. The molecular formula is C47H54N7O10S-. The van der Waals surface area contributed by atoms with Gasteiger partial charge in [0.1, 0.15) is 41.3 Å². The summed E-state index contributed by atoms with van der Waals surface area (Å²) < 4.78 is 46.2. The van der Waals surface area contributed by atoms with Gasteiger partial charge in [-0.25, -0.2) is 18.1 Å². The quantitative estimate of drug-likeness (QED) is 0.0603. The van der Waals surface area contributed by atoms with Crippen LogP contribution in [0.2, 0.25) is 0 Å². The Morgan fingerprint density at radius 1 is 1.05 bits per heavy atom. The lowest BCUT2D eigenvalue weighted by Crippen LogP contribution is -2.57. The number of fused-ring (bicyclic) bond motifs is 1. The van der Waals surface area contributed by atoms with Crippen molar-refractivity contribution >= 4 is 50.6 Å². The van der Waals surface area contributed by atoms with E-state index in [1.54, 1.807) is 64.3 Å². The number of hydrogen-bond acceptors (Lipinski definition) is 13. The first-order valence-corrected chi connectivity index (χ1v) is 22.4. The summed E-state index contributed by atoms with van der Waals surface area (Å²) in [4.78, 5) is 68.0. The number of methoxy groups -OCH3 is 1. The Balaban J connectivity index is 1.36. The van der Waals surface area contributed by atoms with Crippen LogP contribution in [0.15, 0.2) is 120 Å². The summed E-state index contributed by atoms with van der Waals surface area (Å²) >= 11 is 0. The maximum absolute atomic E-state index is 14.8. The molecule has 3 N–H and O–H groups in total. The van der Waals surface area contributed by atoms with Gasteiger partial charge in [-0.05, 0) is 44.8 Å². The monoisotopic (exact) mass is 908 g/mol. The van der Waals surface area contributed by atoms with Gasteiger partial charge in [-0.3, -0.25) is 24.2 Å². The maximum Gasteiger partial charge on any atom is 0.264 e. The number of rotatable bonds is 17. The molecule has 1 aliphatic carbocycles. The van der Waals surface area contributed by atoms with Crippen LogP contribution in [0.5, 0.6) is 11.5 Å². The molecule has 65 heavy (non-hydrogen) atoms. The van der Waals surface area contributed by atoms with E-state index in [4.69, 9.17) is 19.2 Å². The van der Waals surface area contributed by atoms with Gasteiger partial charge in [0.05, 0.1) is 29.8 Å². The van der Waals surface area contributed by atoms with Crippen LogP contribution in [-0.4, -0.2) is 123 Å². The van der Waals surface area contributed by atoms with Gasteiger partial charge in [0.15, 0.2) is 0 Å². The van der Waals surface area contributed by atoms with Gasteiger partial charge < -0.3 is 39.8 Å². The Labute approximate surface area is 378 Å². The third kappa shape index (κ3) is 11.9. The molecule has 4 aromatic rings. The molecule has 2 heterocycles. The molecule has 1 aromatic heterocycles. The second-order valence-corrected chi connectivity index (χ2v) is 18.7. The van der Waals surface area contributed by atoms with Crippen molar-refractivity contribution in [2.45, 2.75) is 67.8 Å². The Morgan fingerprint density at radius 3 is 2.37 bits per heavy atom. The van der Waals surface area contributed by atoms with Crippen molar-refractivity contribution < 1.29 is 46.9 Å². The standard InChI is InChI=1S/C47H55N7O10S/c1-8-31-27-47(31,44(58)52-65(60,61)34-18-13-10-14-19-34)51-42(56)39-25-33(63-40-26-36(30-16-11-9-12-17-30)49-37-24-32(62-7)21-22-35(37)40)29-54(39)43(57)38(50-45(59)64-46(2,3)4)28-48-41(55)20-15-23-53(5)6/h8-22,24,26,31,33,38-39H,1,23,25,27-29H2,2-7H3,(H,48,55)(H,50,59)(H,51,56)(H,52,58)/p-1/b20-15+/t31-,33-,38+,39+,47-/m1/s1. The van der Waals surface area contributed by atoms with Gasteiger partial charge in [-0.2, -0.15) is 0 Å². The first kappa shape index (κ1) is 47.7. The Hall–Kier alpha value is -6.79. The van der Waals surface area contributed by atoms with Crippen molar-refractivity contribution in [1.29, 1.82) is 0 Å². The highest BCUT2D eigenvalue weighted by Gasteiger charge is 2.61. The van der Waals surface area contributed by atoms with Crippen molar-refractivity contribution in [3.05, 3.63) is 110 Å². The molecule has 0 bridgehead atoms. The van der Waals surface area contributed by atoms with Gasteiger partial charge in [-0.15, -0.1) is 6.58 Å². The minimum atomic E-state index is -4.34. The first-order chi connectivity index (χ1) is 30.8. The van der Waals surface area contributed by atoms with Crippen LogP contribution in [-0.2, 0) is 33.9 Å². The Kier molecular flexibility index (Phi) is 14.6. The summed E-state index contributed by atoms with van der Waals surface area (Å²) in [5.41, 5.74) is -0.781. The zero-order valence-electron chi connectivity index (χ0n) is 37.1. The highest BCUT2D eigenvalue weighted by Crippen LogP contribution is 2.45. The number of nitrogens with zero attached hydrogens (tertiary/aromatic N) is 4. The van der Waals surface area contributed by atoms with Crippen molar-refractivity contribution in [3.8, 4) is 22.8 Å². The van der Waals surface area contributed by atoms with Crippen LogP contribution in [0.25, 0.3) is 22.2 Å². The lowest BCUT2D eigenvalue weighted by molar-refractivity contribution is -0.261. The van der Waals surface area contributed by atoms with E-state index in [9.17, 15) is 32.7 Å². The number of benzene rings is 3. The zero-order valence-corrected chi connectivity index (χ0v) is 38.0. The molecule has 2 aliphatic rings. The largest absolute Gasteiger partial charge is 0.595 e. The first-order valence-electron chi connectivity index (χ1n) is 20.9. The number of carbonyl (C=O) groups excluding carboxylic acids is 4. The van der Waals surface area contributed by atoms with Gasteiger partial charge in [0.2, 0.25) is 17.7 Å². The van der Waals surface area contributed by atoms with Crippen LogP contribution in [0.3, 0.4) is 0 Å². The number of aliphatic imine (C=N–C) groups is 1. The third-order valence-corrected chi connectivity index (χ3v) is 12.0. The molecular weight excluding hydrogens is 855 g/mol. The number of hydrogen-bond donors (Lipinski definition) is 3. The average Bonchev–Trinajstić information content (AvgIpc) is 3.83. The summed E-state index contributed by atoms with van der Waals surface area (Å²) in [7, 11) is 0.854. The van der Waals surface area contributed by atoms with Crippen LogP contribution in [0.4, 0.5) is 0 Å². The molecule has 0 radical (unpaired) electrons. The minimum Gasteiger partial charge on any atom is -0.595 e. The van der Waals surface area contributed by atoms with Gasteiger partial charge in [-0.1, -0.05) is 81.5 Å². The molecule has 1 aliphatic heterocycles. The summed E-state index contributed by atoms with van der Waals surface area (Å²) in [6.07, 6.45) is 2.32. The van der Waals surface area contributed by atoms with Crippen molar-refractivity contribution in [3.63, 3.8) is 0 Å². The molecule has 6 rings (SSSR count). The number of nitrogens with one attached hydrogen (secondary N) is 3. The number of likely N-dealkylation sites (N-methyl/N-ethyl adjacent to an activating group) is 1. The van der Waals surface area contributed by atoms with E-state index in [0.29, 0.717) is 34.6 Å². The predicted octanol–water partition coefficient (Wildman–Crippen LogP) is 2.96. The smallest absolute Gasteiger partial charge is 0.264 e. The lowest BCUT2D eigenvalue weighted by Gasteiger charge is -2.31. The molecule has 3 aromatic carbocycles. The van der Waals surface area contributed by atoms with E-state index in [1.165, 1.54) is 41.3 Å². The molecule has 344 valence electrons. The molecule has 17 nitrogen and oxygen atoms in total. The van der Waals surface area contributed by atoms with Gasteiger partial charge in [0.25, 0.3) is 15.9 Å². The zero-order chi connectivity index (χ0) is 47.1. The van der Waals surface area contributed by atoms with E-state index < -0.39 is 81.5 Å². The van der Waals surface area contributed by atoms with Gasteiger partial charge >= 0.3 is 0 Å². The minimum absolute atomic E-state index is 0.0255. The normalized spacial score (nSPS) is 20.3. The number of carbonyl (C=O) groups is 4.